The molecule has 0 bridgehead atoms. The van der Waals surface area contributed by atoms with Gasteiger partial charge in [-0.1, -0.05) is 41.9 Å². The quantitative estimate of drug-likeness (QED) is 0.293. The van der Waals surface area contributed by atoms with Gasteiger partial charge >= 0.3 is 0 Å². The summed E-state index contributed by atoms with van der Waals surface area (Å²) in [5.41, 5.74) is 3.41. The highest BCUT2D eigenvalue weighted by Crippen LogP contribution is 2.39. The number of rotatable bonds is 6. The van der Waals surface area contributed by atoms with Crippen LogP contribution in [0.25, 0.3) is 16.6 Å². The summed E-state index contributed by atoms with van der Waals surface area (Å²) in [4.78, 5) is 8.83. The van der Waals surface area contributed by atoms with Crippen LogP contribution in [-0.4, -0.2) is 29.4 Å². The number of halogens is 1. The van der Waals surface area contributed by atoms with E-state index in [2.05, 4.69) is 27.2 Å². The van der Waals surface area contributed by atoms with E-state index in [1.165, 1.54) is 0 Å². The molecule has 0 aliphatic heterocycles. The van der Waals surface area contributed by atoms with Gasteiger partial charge in [0.2, 0.25) is 0 Å². The van der Waals surface area contributed by atoms with E-state index in [9.17, 15) is 15.6 Å². The predicted molar refractivity (Wildman–Crippen MR) is 154 cm³/mol. The number of fused-ring (bicyclic) bond motifs is 1. The first-order valence-electron chi connectivity index (χ1n) is 12.7. The summed E-state index contributed by atoms with van der Waals surface area (Å²) in [6, 6.07) is 26.3. The number of aliphatic hydroxyl groups is 1. The first-order valence-corrected chi connectivity index (χ1v) is 13.1. The Kier molecular flexibility index (Phi) is 6.56. The van der Waals surface area contributed by atoms with Crippen LogP contribution in [0.5, 0.6) is 0 Å². The van der Waals surface area contributed by atoms with Crippen LogP contribution in [0.15, 0.2) is 97.7 Å². The number of imidazole rings is 1. The van der Waals surface area contributed by atoms with Crippen molar-refractivity contribution >= 4 is 22.5 Å². The number of hydrogen-bond donors (Lipinski definition) is 1. The number of benzene rings is 3. The van der Waals surface area contributed by atoms with Crippen LogP contribution in [0.1, 0.15) is 39.2 Å². The summed E-state index contributed by atoms with van der Waals surface area (Å²) in [7, 11) is 1.81. The minimum absolute atomic E-state index is 0.192. The highest BCUT2D eigenvalue weighted by Gasteiger charge is 2.37. The number of aromatic nitrogens is 5. The van der Waals surface area contributed by atoms with E-state index in [4.69, 9.17) is 11.6 Å². The van der Waals surface area contributed by atoms with Crippen molar-refractivity contribution in [2.24, 2.45) is 7.05 Å². The molecule has 8 nitrogen and oxygen atoms in total. The van der Waals surface area contributed by atoms with Crippen molar-refractivity contribution in [1.29, 1.82) is 10.5 Å². The van der Waals surface area contributed by atoms with E-state index in [0.29, 0.717) is 50.3 Å². The second-order valence-corrected chi connectivity index (χ2v) is 10.1. The van der Waals surface area contributed by atoms with Gasteiger partial charge in [-0.05, 0) is 59.2 Å². The van der Waals surface area contributed by atoms with Crippen LogP contribution in [0.2, 0.25) is 5.02 Å². The third-order valence-corrected chi connectivity index (χ3v) is 7.51. The Morgan fingerprint density at radius 3 is 2.37 bits per heavy atom. The second-order valence-electron chi connectivity index (χ2n) is 9.67. The number of aryl methyl sites for hydroxylation is 1. The van der Waals surface area contributed by atoms with Crippen molar-refractivity contribution in [3.05, 3.63) is 142 Å². The summed E-state index contributed by atoms with van der Waals surface area (Å²) >= 11 is 6.15. The van der Waals surface area contributed by atoms with Crippen molar-refractivity contribution in [2.75, 3.05) is 0 Å². The fourth-order valence-corrected chi connectivity index (χ4v) is 5.30. The van der Waals surface area contributed by atoms with Crippen LogP contribution in [0.3, 0.4) is 0 Å². The fourth-order valence-electron chi connectivity index (χ4n) is 5.17. The van der Waals surface area contributed by atoms with Gasteiger partial charge in [0, 0.05) is 41.8 Å². The maximum atomic E-state index is 12.4. The molecule has 0 spiro atoms. The molecule has 1 N–H and O–H groups in total. The van der Waals surface area contributed by atoms with E-state index in [1.807, 2.05) is 43.6 Å². The molecule has 0 aliphatic rings. The summed E-state index contributed by atoms with van der Waals surface area (Å²) in [5, 5.41) is 38.0. The minimum atomic E-state index is -1.60. The lowest BCUT2D eigenvalue weighted by atomic mass is 9.82. The van der Waals surface area contributed by atoms with E-state index < -0.39 is 5.60 Å². The minimum Gasteiger partial charge on any atom is -0.374 e. The Balaban J connectivity index is 1.50. The molecule has 3 aromatic heterocycles. The van der Waals surface area contributed by atoms with Gasteiger partial charge in [0.15, 0.2) is 5.60 Å². The molecular formula is C32H22ClN7O. The maximum absolute atomic E-state index is 12.4. The van der Waals surface area contributed by atoms with Gasteiger partial charge in [-0.2, -0.15) is 15.6 Å². The van der Waals surface area contributed by atoms with E-state index >= 15 is 0 Å². The first-order chi connectivity index (χ1) is 19.9. The third kappa shape index (κ3) is 4.52. The number of pyridine rings is 1. The molecule has 0 saturated carbocycles. The Morgan fingerprint density at radius 1 is 0.976 bits per heavy atom. The highest BCUT2D eigenvalue weighted by molar-refractivity contribution is 6.30. The SMILES string of the molecule is Cn1cncc1C(O)(c1ccc(Cl)cc1)c1ccc2nc(C#N)c(Cc3ccc(-n4cccn4)cc3)c(C#N)c2c1. The molecule has 3 heterocycles. The Labute approximate surface area is 241 Å². The summed E-state index contributed by atoms with van der Waals surface area (Å²) in [5.74, 6) is 0. The molecule has 6 rings (SSSR count). The molecule has 6 aromatic rings. The van der Waals surface area contributed by atoms with Gasteiger partial charge < -0.3 is 9.67 Å². The zero-order valence-electron chi connectivity index (χ0n) is 21.9. The largest absolute Gasteiger partial charge is 0.374 e. The molecule has 0 aliphatic carbocycles. The van der Waals surface area contributed by atoms with Gasteiger partial charge in [0.1, 0.15) is 17.8 Å². The fraction of sp³-hybridized carbons (Fsp3) is 0.0938. The molecule has 0 fully saturated rings. The van der Waals surface area contributed by atoms with E-state index in [-0.39, 0.29) is 5.69 Å². The average Bonchev–Trinajstić information content (AvgIpc) is 3.69. The first kappa shape index (κ1) is 26.0. The molecule has 0 amide bonds. The summed E-state index contributed by atoms with van der Waals surface area (Å²) in [6.45, 7) is 0. The van der Waals surface area contributed by atoms with Crippen LogP contribution >= 0.6 is 11.6 Å². The number of nitriles is 2. The topological polar surface area (TPSA) is 116 Å². The normalized spacial score (nSPS) is 12.5. The van der Waals surface area contributed by atoms with Crippen molar-refractivity contribution in [3.63, 3.8) is 0 Å². The average molecular weight is 556 g/mol. The lowest BCUT2D eigenvalue weighted by Crippen LogP contribution is -2.31. The van der Waals surface area contributed by atoms with Crippen LogP contribution in [0.4, 0.5) is 0 Å². The zero-order chi connectivity index (χ0) is 28.6. The third-order valence-electron chi connectivity index (χ3n) is 7.26. The standard InChI is InChI=1S/C32H22ClN7O/c1-39-20-36-19-31(39)32(41,22-5-8-24(33)9-6-22)23-7-12-29-27(16-23)28(17-34)26(30(18-35)38-29)15-21-3-10-25(11-4-21)40-14-2-13-37-40/h2-14,16,19-20,41H,15H2,1H3. The highest BCUT2D eigenvalue weighted by atomic mass is 35.5. The van der Waals surface area contributed by atoms with E-state index in [1.54, 1.807) is 70.4 Å². The summed E-state index contributed by atoms with van der Waals surface area (Å²) in [6.07, 6.45) is 7.14. The number of nitrogens with zero attached hydrogens (tertiary/aromatic N) is 7. The smallest absolute Gasteiger partial charge is 0.156 e. The molecule has 198 valence electrons. The zero-order valence-corrected chi connectivity index (χ0v) is 22.7. The molecule has 0 saturated heterocycles. The monoisotopic (exact) mass is 555 g/mol. The van der Waals surface area contributed by atoms with E-state index in [0.717, 1.165) is 11.3 Å². The molecular weight excluding hydrogens is 534 g/mol. The van der Waals surface area contributed by atoms with Gasteiger partial charge in [0.05, 0.1) is 35.0 Å². The Hall–Kier alpha value is -5.28. The lowest BCUT2D eigenvalue weighted by Gasteiger charge is -2.30. The molecule has 1 unspecified atom stereocenters. The summed E-state index contributed by atoms with van der Waals surface area (Å²) < 4.78 is 3.51. The van der Waals surface area contributed by atoms with Crippen molar-refractivity contribution in [3.8, 4) is 17.8 Å². The second kappa shape index (κ2) is 10.4. The molecule has 41 heavy (non-hydrogen) atoms. The maximum Gasteiger partial charge on any atom is 0.156 e. The van der Waals surface area contributed by atoms with Crippen molar-refractivity contribution in [2.45, 2.75) is 12.0 Å². The van der Waals surface area contributed by atoms with Gasteiger partial charge in [-0.3, -0.25) is 0 Å². The van der Waals surface area contributed by atoms with Crippen LogP contribution in [-0.2, 0) is 19.1 Å². The Bertz CT molecular complexity index is 1970. The van der Waals surface area contributed by atoms with Crippen molar-refractivity contribution < 1.29 is 5.11 Å². The van der Waals surface area contributed by atoms with Crippen LogP contribution < -0.4 is 0 Å². The molecule has 3 aromatic carbocycles. The van der Waals surface area contributed by atoms with Gasteiger partial charge in [-0.15, -0.1) is 0 Å². The molecule has 9 heteroatoms. The predicted octanol–water partition coefficient (Wildman–Crippen LogP) is 5.43. The van der Waals surface area contributed by atoms with Crippen molar-refractivity contribution in [1.82, 2.24) is 24.3 Å². The molecule has 1 atom stereocenters. The lowest BCUT2D eigenvalue weighted by molar-refractivity contribution is 0.117. The number of hydrogen-bond acceptors (Lipinski definition) is 6. The molecule has 0 radical (unpaired) electrons. The van der Waals surface area contributed by atoms with Gasteiger partial charge in [0.25, 0.3) is 0 Å². The van der Waals surface area contributed by atoms with Crippen LogP contribution in [0, 0.1) is 22.7 Å². The Morgan fingerprint density at radius 2 is 1.73 bits per heavy atom. The van der Waals surface area contributed by atoms with Gasteiger partial charge in [-0.25, -0.2) is 14.6 Å².